The summed E-state index contributed by atoms with van der Waals surface area (Å²) in [4.78, 5) is 11.4. The summed E-state index contributed by atoms with van der Waals surface area (Å²) in [6, 6.07) is 7.49. The third-order valence-electron chi connectivity index (χ3n) is 3.58. The van der Waals surface area contributed by atoms with Gasteiger partial charge in [-0.1, -0.05) is 48.2 Å². The van der Waals surface area contributed by atoms with Crippen molar-refractivity contribution >= 4 is 33.9 Å². The Morgan fingerprint density at radius 3 is 2.96 bits per heavy atom. The number of rotatable bonds is 6. The van der Waals surface area contributed by atoms with Crippen molar-refractivity contribution in [2.75, 3.05) is 5.32 Å². The highest BCUT2D eigenvalue weighted by atomic mass is 32.2. The second-order valence-electron chi connectivity index (χ2n) is 5.35. The van der Waals surface area contributed by atoms with Crippen LogP contribution in [0.1, 0.15) is 23.8 Å². The second-order valence-corrected chi connectivity index (χ2v) is 7.55. The summed E-state index contributed by atoms with van der Waals surface area (Å²) in [6.07, 6.45) is 1.99. The van der Waals surface area contributed by atoms with Gasteiger partial charge < -0.3 is 14.8 Å². The molecule has 25 heavy (non-hydrogen) atoms. The van der Waals surface area contributed by atoms with Crippen LogP contribution in [-0.2, 0) is 12.2 Å². The molecule has 0 radical (unpaired) electrons. The van der Waals surface area contributed by atoms with E-state index in [1.807, 2.05) is 6.07 Å². The highest BCUT2D eigenvalue weighted by Gasteiger charge is 2.10. The van der Waals surface area contributed by atoms with Crippen molar-refractivity contribution in [1.29, 1.82) is 0 Å². The van der Waals surface area contributed by atoms with Gasteiger partial charge >= 0.3 is 0 Å². The van der Waals surface area contributed by atoms with Gasteiger partial charge in [-0.2, -0.15) is 0 Å². The van der Waals surface area contributed by atoms with Crippen LogP contribution in [-0.4, -0.2) is 15.3 Å². The molecule has 130 valence electrons. The van der Waals surface area contributed by atoms with Crippen molar-refractivity contribution in [3.63, 3.8) is 0 Å². The molecule has 0 saturated carbocycles. The molecule has 1 aromatic carbocycles. The summed E-state index contributed by atoms with van der Waals surface area (Å²) in [5.41, 5.74) is 3.01. The first-order chi connectivity index (χ1) is 12.1. The van der Waals surface area contributed by atoms with Gasteiger partial charge in [-0.3, -0.25) is 4.79 Å². The number of anilines is 2. The molecule has 8 heteroatoms. The maximum atomic E-state index is 11.4. The normalized spacial score (nSPS) is 10.8. The molecule has 0 spiro atoms. The molecule has 0 saturated heterocycles. The quantitative estimate of drug-likeness (QED) is 0.627. The van der Waals surface area contributed by atoms with Crippen LogP contribution in [0.15, 0.2) is 44.1 Å². The number of para-hydroxylation sites is 1. The van der Waals surface area contributed by atoms with Crippen LogP contribution in [0.25, 0.3) is 0 Å². The lowest BCUT2D eigenvalue weighted by molar-refractivity contribution is 0.419. The molecule has 0 aliphatic heterocycles. The molecule has 6 nitrogen and oxygen atoms in total. The van der Waals surface area contributed by atoms with E-state index in [0.717, 1.165) is 33.4 Å². The fourth-order valence-electron chi connectivity index (χ4n) is 2.28. The van der Waals surface area contributed by atoms with Gasteiger partial charge in [0.2, 0.25) is 10.6 Å². The summed E-state index contributed by atoms with van der Waals surface area (Å²) in [7, 11) is 0. The molecule has 0 fully saturated rings. The molecule has 2 heterocycles. The summed E-state index contributed by atoms with van der Waals surface area (Å²) >= 11 is 2.87. The number of thioether (sulfide) groups is 1. The van der Waals surface area contributed by atoms with Crippen molar-refractivity contribution in [2.24, 2.45) is 0 Å². The minimum atomic E-state index is -0.451. The molecular weight excluding hydrogens is 358 g/mol. The van der Waals surface area contributed by atoms with E-state index in [1.165, 1.54) is 34.7 Å². The van der Waals surface area contributed by atoms with Crippen LogP contribution in [0.5, 0.6) is 5.75 Å². The summed E-state index contributed by atoms with van der Waals surface area (Å²) in [5.74, 6) is 0.528. The molecular formula is C17H17N3O3S2. The Kier molecular flexibility index (Phi) is 5.40. The first-order valence-corrected chi connectivity index (χ1v) is 9.49. The Balaban J connectivity index is 1.68. The van der Waals surface area contributed by atoms with Gasteiger partial charge in [0, 0.05) is 11.8 Å². The highest BCUT2D eigenvalue weighted by Crippen LogP contribution is 2.32. The molecule has 2 N–H and O–H groups in total. The van der Waals surface area contributed by atoms with Crippen molar-refractivity contribution in [2.45, 2.75) is 30.4 Å². The monoisotopic (exact) mass is 375 g/mol. The third kappa shape index (κ3) is 4.21. The average molecular weight is 375 g/mol. The van der Waals surface area contributed by atoms with Gasteiger partial charge in [0.25, 0.3) is 0 Å². The van der Waals surface area contributed by atoms with E-state index >= 15 is 0 Å². The maximum Gasteiger partial charge on any atom is 0.226 e. The van der Waals surface area contributed by atoms with Gasteiger partial charge in [0.05, 0.1) is 5.75 Å². The summed E-state index contributed by atoms with van der Waals surface area (Å²) < 4.78 is 5.95. The number of aryl methyl sites for hydroxylation is 2. The van der Waals surface area contributed by atoms with Crippen LogP contribution in [0.4, 0.5) is 10.8 Å². The average Bonchev–Trinajstić information content (AvgIpc) is 3.05. The van der Waals surface area contributed by atoms with E-state index in [-0.39, 0.29) is 5.75 Å². The Labute approximate surface area is 152 Å². The lowest BCUT2D eigenvalue weighted by atomic mass is 10.1. The smallest absolute Gasteiger partial charge is 0.226 e. The van der Waals surface area contributed by atoms with Gasteiger partial charge in [0.15, 0.2) is 10.1 Å². The topological polar surface area (TPSA) is 88.2 Å². The zero-order chi connectivity index (χ0) is 17.8. The Bertz CT molecular complexity index is 937. The van der Waals surface area contributed by atoms with Crippen molar-refractivity contribution in [3.05, 3.63) is 57.6 Å². The van der Waals surface area contributed by atoms with Gasteiger partial charge in [-0.25, -0.2) is 0 Å². The standard InChI is InChI=1S/C17H17N3O3S2/c1-3-11-6-4-5-10(2)15(11)18-16-19-20-17(25-16)24-9-12-7-13(21)14(22)8-23-12/h4-8,22H,3,9H2,1-2H3,(H,18,19). The lowest BCUT2D eigenvalue weighted by Gasteiger charge is -2.11. The highest BCUT2D eigenvalue weighted by molar-refractivity contribution is 8.00. The van der Waals surface area contributed by atoms with E-state index in [4.69, 9.17) is 4.42 Å². The van der Waals surface area contributed by atoms with Crippen LogP contribution < -0.4 is 10.7 Å². The number of aromatic hydroxyl groups is 1. The van der Waals surface area contributed by atoms with E-state index in [9.17, 15) is 9.90 Å². The maximum absolute atomic E-state index is 11.4. The first kappa shape index (κ1) is 17.5. The predicted octanol–water partition coefficient (Wildman–Crippen LogP) is 4.10. The molecule has 0 amide bonds. The predicted molar refractivity (Wildman–Crippen MR) is 100.0 cm³/mol. The van der Waals surface area contributed by atoms with Crippen LogP contribution in [0.3, 0.4) is 0 Å². The zero-order valence-electron chi connectivity index (χ0n) is 13.8. The van der Waals surface area contributed by atoms with E-state index in [0.29, 0.717) is 11.5 Å². The van der Waals surface area contributed by atoms with E-state index < -0.39 is 5.43 Å². The number of nitrogens with zero attached hydrogens (tertiary/aromatic N) is 2. The van der Waals surface area contributed by atoms with Gasteiger partial charge in [-0.05, 0) is 24.5 Å². The molecule has 3 rings (SSSR count). The minimum absolute atomic E-state index is 0.388. The number of nitrogens with one attached hydrogen (secondary N) is 1. The molecule has 0 aliphatic rings. The first-order valence-electron chi connectivity index (χ1n) is 7.69. The van der Waals surface area contributed by atoms with Crippen LogP contribution >= 0.6 is 23.1 Å². The third-order valence-corrected chi connectivity index (χ3v) is 5.58. The fraction of sp³-hybridized carbons (Fsp3) is 0.235. The Hall–Kier alpha value is -2.32. The van der Waals surface area contributed by atoms with Crippen LogP contribution in [0.2, 0.25) is 0 Å². The second kappa shape index (κ2) is 7.71. The lowest BCUT2D eigenvalue weighted by Crippen LogP contribution is -1.98. The van der Waals surface area contributed by atoms with Crippen LogP contribution in [0, 0.1) is 6.92 Å². The Morgan fingerprint density at radius 2 is 2.20 bits per heavy atom. The number of hydrogen-bond donors (Lipinski definition) is 2. The van der Waals surface area contributed by atoms with Crippen molar-refractivity contribution in [3.8, 4) is 5.75 Å². The summed E-state index contributed by atoms with van der Waals surface area (Å²) in [5, 5.41) is 21.6. The fourth-order valence-corrected chi connectivity index (χ4v) is 3.93. The molecule has 3 aromatic rings. The number of hydrogen-bond acceptors (Lipinski definition) is 8. The molecule has 0 atom stereocenters. The van der Waals surface area contributed by atoms with E-state index in [1.54, 1.807) is 0 Å². The SMILES string of the molecule is CCc1cccc(C)c1Nc1nnc(SCc2cc(=O)c(O)co2)s1. The van der Waals surface area contributed by atoms with E-state index in [2.05, 4.69) is 41.5 Å². The molecule has 0 bridgehead atoms. The molecule has 0 aliphatic carbocycles. The number of aromatic nitrogens is 2. The zero-order valence-corrected chi connectivity index (χ0v) is 15.4. The Morgan fingerprint density at radius 1 is 1.36 bits per heavy atom. The summed E-state index contributed by atoms with van der Waals surface area (Å²) in [6.45, 7) is 4.18. The molecule has 0 unspecified atom stereocenters. The largest absolute Gasteiger partial charge is 0.502 e. The van der Waals surface area contributed by atoms with Crippen molar-refractivity contribution < 1.29 is 9.52 Å². The minimum Gasteiger partial charge on any atom is -0.502 e. The van der Waals surface area contributed by atoms with Crippen molar-refractivity contribution in [1.82, 2.24) is 10.2 Å². The number of benzene rings is 1. The molecule has 2 aromatic heterocycles. The van der Waals surface area contributed by atoms with Gasteiger partial charge in [0.1, 0.15) is 12.0 Å². The van der Waals surface area contributed by atoms with Gasteiger partial charge in [-0.15, -0.1) is 10.2 Å².